The topological polar surface area (TPSA) is 87.2 Å². The number of carbonyl (C=O) groups is 1. The van der Waals surface area contributed by atoms with E-state index in [1.165, 1.54) is 11.0 Å². The van der Waals surface area contributed by atoms with Crippen molar-refractivity contribution >= 4 is 17.7 Å². The third-order valence-electron chi connectivity index (χ3n) is 5.28. The van der Waals surface area contributed by atoms with E-state index in [4.69, 9.17) is 0 Å². The van der Waals surface area contributed by atoms with E-state index in [9.17, 15) is 20.2 Å². The zero-order chi connectivity index (χ0) is 21.1. The molecule has 1 aliphatic heterocycles. The third-order valence-corrected chi connectivity index (χ3v) is 5.28. The molecule has 1 amide bonds. The van der Waals surface area contributed by atoms with E-state index < -0.39 is 10.5 Å². The van der Waals surface area contributed by atoms with Crippen LogP contribution in [-0.4, -0.2) is 15.7 Å². The van der Waals surface area contributed by atoms with Crippen LogP contribution >= 0.6 is 0 Å². The molecule has 0 N–H and O–H groups in total. The molecule has 1 aliphatic rings. The van der Waals surface area contributed by atoms with Crippen LogP contribution in [0.2, 0.25) is 0 Å². The van der Waals surface area contributed by atoms with Crippen molar-refractivity contribution < 1.29 is 9.72 Å². The Morgan fingerprint density at radius 2 is 1.67 bits per heavy atom. The minimum atomic E-state index is -1.43. The number of amides is 1. The Balaban J connectivity index is 1.90. The molecule has 0 saturated heterocycles. The van der Waals surface area contributed by atoms with Gasteiger partial charge in [-0.2, -0.15) is 5.26 Å². The minimum absolute atomic E-state index is 0.0133. The van der Waals surface area contributed by atoms with E-state index in [0.717, 1.165) is 5.56 Å². The van der Waals surface area contributed by atoms with Crippen LogP contribution in [0.3, 0.4) is 0 Å². The zero-order valence-corrected chi connectivity index (χ0v) is 15.9. The molecular weight excluding hydrogens is 378 g/mol. The van der Waals surface area contributed by atoms with Gasteiger partial charge in [0.15, 0.2) is 5.54 Å². The van der Waals surface area contributed by atoms with Crippen LogP contribution < -0.4 is 0 Å². The van der Waals surface area contributed by atoms with Crippen LogP contribution in [-0.2, 0) is 12.0 Å². The number of carbonyl (C=O) groups excluding carboxylic acids is 1. The molecule has 146 valence electrons. The Morgan fingerprint density at radius 1 is 1.00 bits per heavy atom. The van der Waals surface area contributed by atoms with Crippen molar-refractivity contribution in [1.82, 2.24) is 4.90 Å². The number of benzene rings is 3. The lowest BCUT2D eigenvalue weighted by Crippen LogP contribution is -2.49. The molecule has 6 nitrogen and oxygen atoms in total. The highest BCUT2D eigenvalue weighted by Crippen LogP contribution is 2.40. The molecule has 0 radical (unpaired) electrons. The van der Waals surface area contributed by atoms with Gasteiger partial charge in [-0.15, -0.1) is 0 Å². The molecule has 1 unspecified atom stereocenters. The van der Waals surface area contributed by atoms with Crippen LogP contribution in [0.4, 0.5) is 5.69 Å². The van der Waals surface area contributed by atoms with Crippen molar-refractivity contribution in [3.63, 3.8) is 0 Å². The predicted molar refractivity (Wildman–Crippen MR) is 112 cm³/mol. The van der Waals surface area contributed by atoms with Gasteiger partial charge in [0.05, 0.1) is 11.0 Å². The van der Waals surface area contributed by atoms with Gasteiger partial charge in [-0.1, -0.05) is 60.7 Å². The van der Waals surface area contributed by atoms with Gasteiger partial charge in [-0.3, -0.25) is 19.8 Å². The lowest BCUT2D eigenvalue weighted by Gasteiger charge is -2.40. The van der Waals surface area contributed by atoms with E-state index in [1.54, 1.807) is 66.9 Å². The summed E-state index contributed by atoms with van der Waals surface area (Å²) in [5.41, 5.74) is 0.756. The number of nitriles is 1. The van der Waals surface area contributed by atoms with Gasteiger partial charge in [0, 0.05) is 29.8 Å². The number of fused-ring (bicyclic) bond motifs is 1. The van der Waals surface area contributed by atoms with Crippen molar-refractivity contribution in [3.05, 3.63) is 117 Å². The highest BCUT2D eigenvalue weighted by atomic mass is 16.6. The van der Waals surface area contributed by atoms with E-state index in [0.29, 0.717) is 16.7 Å². The van der Waals surface area contributed by atoms with Gasteiger partial charge < -0.3 is 0 Å². The number of hydrogen-bond acceptors (Lipinski definition) is 4. The number of nitro groups is 1. The molecular formula is C24H17N3O3. The Labute approximate surface area is 173 Å². The third kappa shape index (κ3) is 3.12. The number of hydrogen-bond donors (Lipinski definition) is 0. The second-order valence-electron chi connectivity index (χ2n) is 6.98. The average molecular weight is 395 g/mol. The lowest BCUT2D eigenvalue weighted by molar-refractivity contribution is -0.385. The smallest absolute Gasteiger partial charge is 0.272 e. The monoisotopic (exact) mass is 395 g/mol. The largest absolute Gasteiger partial charge is 0.291 e. The molecule has 4 rings (SSSR count). The highest BCUT2D eigenvalue weighted by molar-refractivity contribution is 5.96. The SMILES string of the molecule is N#CC1(Cc2ccccc2[N+](=O)[O-])c2ccccc2C=CN1C(=O)c1ccccc1. The Kier molecular flexibility index (Phi) is 4.87. The first-order valence-corrected chi connectivity index (χ1v) is 9.37. The fraction of sp³-hybridized carbons (Fsp3) is 0.0833. The summed E-state index contributed by atoms with van der Waals surface area (Å²) in [5, 5.41) is 22.0. The van der Waals surface area contributed by atoms with Gasteiger partial charge in [0.2, 0.25) is 0 Å². The summed E-state index contributed by atoms with van der Waals surface area (Å²) >= 11 is 0. The number of rotatable bonds is 4. The molecule has 0 aliphatic carbocycles. The van der Waals surface area contributed by atoms with Crippen molar-refractivity contribution in [1.29, 1.82) is 5.26 Å². The van der Waals surface area contributed by atoms with Gasteiger partial charge in [0.1, 0.15) is 0 Å². The number of nitro benzene ring substituents is 1. The van der Waals surface area contributed by atoms with E-state index in [-0.39, 0.29) is 18.0 Å². The Hall–Kier alpha value is -4.24. The first-order valence-electron chi connectivity index (χ1n) is 9.37. The van der Waals surface area contributed by atoms with Crippen molar-refractivity contribution in [3.8, 4) is 6.07 Å². The number of nitrogens with zero attached hydrogens (tertiary/aromatic N) is 3. The summed E-state index contributed by atoms with van der Waals surface area (Å²) in [6.07, 6.45) is 3.36. The molecule has 6 heteroatoms. The Bertz CT molecular complexity index is 1200. The summed E-state index contributed by atoms with van der Waals surface area (Å²) in [7, 11) is 0. The first kappa shape index (κ1) is 19.1. The van der Waals surface area contributed by atoms with Crippen molar-refractivity contribution in [2.24, 2.45) is 0 Å². The molecule has 1 atom stereocenters. The van der Waals surface area contributed by atoms with Gasteiger partial charge in [-0.05, 0) is 29.3 Å². The van der Waals surface area contributed by atoms with Gasteiger partial charge >= 0.3 is 0 Å². The maximum atomic E-state index is 13.4. The standard InChI is InChI=1S/C24H17N3O3/c25-17-24(16-20-11-5-7-13-22(20)27(29)30)21-12-6-4-8-18(21)14-15-26(24)23(28)19-9-2-1-3-10-19/h1-15H,16H2. The number of para-hydroxylation sites is 1. The van der Waals surface area contributed by atoms with E-state index in [1.807, 2.05) is 18.2 Å². The summed E-state index contributed by atoms with van der Waals surface area (Å²) in [6, 6.07) is 24.6. The van der Waals surface area contributed by atoms with Crippen molar-refractivity contribution in [2.75, 3.05) is 0 Å². The van der Waals surface area contributed by atoms with E-state index >= 15 is 0 Å². The Morgan fingerprint density at radius 3 is 2.40 bits per heavy atom. The van der Waals surface area contributed by atoms with Crippen LogP contribution in [0.25, 0.3) is 6.08 Å². The second kappa shape index (κ2) is 7.64. The summed E-state index contributed by atoms with van der Waals surface area (Å²) in [4.78, 5) is 25.9. The predicted octanol–water partition coefficient (Wildman–Crippen LogP) is 4.68. The lowest BCUT2D eigenvalue weighted by atomic mass is 9.78. The first-order chi connectivity index (χ1) is 14.6. The molecule has 0 bridgehead atoms. The molecule has 0 saturated carbocycles. The zero-order valence-electron chi connectivity index (χ0n) is 15.9. The normalized spacial score (nSPS) is 17.1. The molecule has 1 heterocycles. The van der Waals surface area contributed by atoms with Crippen LogP contribution in [0.15, 0.2) is 85.1 Å². The maximum absolute atomic E-state index is 13.4. The molecule has 0 aromatic heterocycles. The average Bonchev–Trinajstić information content (AvgIpc) is 2.79. The molecule has 30 heavy (non-hydrogen) atoms. The molecule has 3 aromatic rings. The van der Waals surface area contributed by atoms with Crippen LogP contribution in [0.1, 0.15) is 27.0 Å². The fourth-order valence-electron chi connectivity index (χ4n) is 3.84. The summed E-state index contributed by atoms with van der Waals surface area (Å²) in [6.45, 7) is 0. The fourth-order valence-corrected chi connectivity index (χ4v) is 3.84. The highest BCUT2D eigenvalue weighted by Gasteiger charge is 2.45. The van der Waals surface area contributed by atoms with Gasteiger partial charge in [0.25, 0.3) is 11.6 Å². The summed E-state index contributed by atoms with van der Waals surface area (Å²) < 4.78 is 0. The second-order valence-corrected chi connectivity index (χ2v) is 6.98. The molecule has 3 aromatic carbocycles. The molecule has 0 spiro atoms. The minimum Gasteiger partial charge on any atom is -0.291 e. The maximum Gasteiger partial charge on any atom is 0.272 e. The quantitative estimate of drug-likeness (QED) is 0.474. The van der Waals surface area contributed by atoms with Crippen LogP contribution in [0, 0.1) is 21.4 Å². The molecule has 0 fully saturated rings. The summed E-state index contributed by atoms with van der Waals surface area (Å²) in [5.74, 6) is -0.346. The van der Waals surface area contributed by atoms with Gasteiger partial charge in [-0.25, -0.2) is 0 Å². The van der Waals surface area contributed by atoms with Crippen molar-refractivity contribution in [2.45, 2.75) is 12.0 Å². The van der Waals surface area contributed by atoms with E-state index in [2.05, 4.69) is 6.07 Å². The van der Waals surface area contributed by atoms with Crippen LogP contribution in [0.5, 0.6) is 0 Å².